The molecule has 0 aliphatic heterocycles. The molecule has 0 saturated heterocycles. The lowest BCUT2D eigenvalue weighted by Crippen LogP contribution is -2.03. The smallest absolute Gasteiger partial charge is 0.342 e. The minimum atomic E-state index is -1.37. The Bertz CT molecular complexity index is 827. The van der Waals surface area contributed by atoms with Gasteiger partial charge in [0.25, 0.3) is 0 Å². The van der Waals surface area contributed by atoms with Gasteiger partial charge in [0.05, 0.1) is 5.52 Å². The third-order valence-electron chi connectivity index (χ3n) is 3.01. The monoisotopic (exact) mass is 283 g/mol. The van der Waals surface area contributed by atoms with E-state index in [9.17, 15) is 9.18 Å². The number of hydrogen-bond acceptors (Lipinski definition) is 3. The summed E-state index contributed by atoms with van der Waals surface area (Å²) in [6.07, 6.45) is 1.65. The summed E-state index contributed by atoms with van der Waals surface area (Å²) >= 11 is 0. The van der Waals surface area contributed by atoms with Crippen molar-refractivity contribution in [2.75, 3.05) is 0 Å². The Kier molecular flexibility index (Phi) is 3.23. The van der Waals surface area contributed by atoms with E-state index in [4.69, 9.17) is 9.84 Å². The maximum absolute atomic E-state index is 13.6. The Balaban J connectivity index is 2.12. The summed E-state index contributed by atoms with van der Waals surface area (Å²) in [7, 11) is 0. The summed E-state index contributed by atoms with van der Waals surface area (Å²) in [5.41, 5.74) is 0.224. The molecule has 0 amide bonds. The SMILES string of the molecule is O=C(O)c1c(F)cccc1Oc1cccc2ncccc12. The third-order valence-corrected chi connectivity index (χ3v) is 3.01. The first-order chi connectivity index (χ1) is 10.2. The van der Waals surface area contributed by atoms with Gasteiger partial charge in [-0.15, -0.1) is 0 Å². The highest BCUT2D eigenvalue weighted by Gasteiger charge is 2.18. The molecular weight excluding hydrogens is 273 g/mol. The maximum atomic E-state index is 13.6. The Hall–Kier alpha value is -2.95. The van der Waals surface area contributed by atoms with Crippen LogP contribution in [0.4, 0.5) is 4.39 Å². The first kappa shape index (κ1) is 13.1. The van der Waals surface area contributed by atoms with Crippen LogP contribution in [0.1, 0.15) is 10.4 Å². The highest BCUT2D eigenvalue weighted by molar-refractivity contribution is 5.92. The van der Waals surface area contributed by atoms with Gasteiger partial charge in [-0.2, -0.15) is 0 Å². The van der Waals surface area contributed by atoms with Crippen LogP contribution in [0.2, 0.25) is 0 Å². The molecule has 21 heavy (non-hydrogen) atoms. The summed E-state index contributed by atoms with van der Waals surface area (Å²) < 4.78 is 19.2. The van der Waals surface area contributed by atoms with Crippen LogP contribution < -0.4 is 4.74 Å². The van der Waals surface area contributed by atoms with Crippen LogP contribution in [0, 0.1) is 5.82 Å². The van der Waals surface area contributed by atoms with Crippen molar-refractivity contribution in [1.29, 1.82) is 0 Å². The molecule has 5 heteroatoms. The number of pyridine rings is 1. The summed E-state index contributed by atoms with van der Waals surface area (Å²) in [6, 6.07) is 12.7. The first-order valence-corrected chi connectivity index (χ1v) is 6.20. The predicted molar refractivity (Wildman–Crippen MR) is 75.2 cm³/mol. The van der Waals surface area contributed by atoms with Crippen molar-refractivity contribution in [3.05, 3.63) is 66.1 Å². The highest BCUT2D eigenvalue weighted by Crippen LogP contribution is 2.31. The third kappa shape index (κ3) is 2.41. The predicted octanol–water partition coefficient (Wildman–Crippen LogP) is 3.86. The molecule has 0 bridgehead atoms. The molecular formula is C16H10FNO3. The lowest BCUT2D eigenvalue weighted by atomic mass is 10.1. The standard InChI is InChI=1S/C16H10FNO3/c17-11-5-1-8-14(15(11)16(19)20)21-13-7-2-6-12-10(13)4-3-9-18-12/h1-9H,(H,19,20). The van der Waals surface area contributed by atoms with E-state index in [1.165, 1.54) is 12.1 Å². The van der Waals surface area contributed by atoms with Gasteiger partial charge in [0.2, 0.25) is 0 Å². The first-order valence-electron chi connectivity index (χ1n) is 6.20. The van der Waals surface area contributed by atoms with E-state index in [1.807, 2.05) is 6.07 Å². The zero-order valence-corrected chi connectivity index (χ0v) is 10.8. The minimum Gasteiger partial charge on any atom is -0.477 e. The molecule has 1 aromatic heterocycles. The second-order valence-electron chi connectivity index (χ2n) is 4.35. The maximum Gasteiger partial charge on any atom is 0.342 e. The number of nitrogens with zero attached hydrogens (tertiary/aromatic N) is 1. The average molecular weight is 283 g/mol. The van der Waals surface area contributed by atoms with Crippen molar-refractivity contribution in [3.63, 3.8) is 0 Å². The molecule has 104 valence electrons. The van der Waals surface area contributed by atoms with Gasteiger partial charge in [-0.25, -0.2) is 9.18 Å². The van der Waals surface area contributed by atoms with Gasteiger partial charge in [0, 0.05) is 11.6 Å². The molecule has 0 aliphatic rings. The molecule has 0 saturated carbocycles. The van der Waals surface area contributed by atoms with Crippen molar-refractivity contribution >= 4 is 16.9 Å². The van der Waals surface area contributed by atoms with Crippen LogP contribution in [-0.2, 0) is 0 Å². The summed E-state index contributed by atoms with van der Waals surface area (Å²) in [5, 5.41) is 9.83. The molecule has 3 aromatic rings. The van der Waals surface area contributed by atoms with Crippen molar-refractivity contribution in [2.45, 2.75) is 0 Å². The van der Waals surface area contributed by atoms with Gasteiger partial charge < -0.3 is 9.84 Å². The number of aromatic carboxylic acids is 1. The minimum absolute atomic E-state index is 0.0427. The number of ether oxygens (including phenoxy) is 1. The Labute approximate surface area is 119 Å². The largest absolute Gasteiger partial charge is 0.477 e. The number of fused-ring (bicyclic) bond motifs is 1. The van der Waals surface area contributed by atoms with Crippen LogP contribution in [0.5, 0.6) is 11.5 Å². The summed E-state index contributed by atoms with van der Waals surface area (Å²) in [5.74, 6) is -1.83. The molecule has 0 aliphatic carbocycles. The zero-order valence-electron chi connectivity index (χ0n) is 10.8. The topological polar surface area (TPSA) is 59.4 Å². The second kappa shape index (κ2) is 5.20. The number of hydrogen-bond donors (Lipinski definition) is 1. The lowest BCUT2D eigenvalue weighted by molar-refractivity contribution is 0.0689. The van der Waals surface area contributed by atoms with Crippen LogP contribution >= 0.6 is 0 Å². The molecule has 1 N–H and O–H groups in total. The highest BCUT2D eigenvalue weighted by atomic mass is 19.1. The Morgan fingerprint density at radius 2 is 1.81 bits per heavy atom. The fourth-order valence-corrected chi connectivity index (χ4v) is 2.08. The van der Waals surface area contributed by atoms with E-state index in [0.29, 0.717) is 11.3 Å². The van der Waals surface area contributed by atoms with E-state index < -0.39 is 17.3 Å². The van der Waals surface area contributed by atoms with Gasteiger partial charge in [-0.05, 0) is 36.4 Å². The fraction of sp³-hybridized carbons (Fsp3) is 0. The van der Waals surface area contributed by atoms with E-state index in [0.717, 1.165) is 11.5 Å². The van der Waals surface area contributed by atoms with Crippen LogP contribution in [0.3, 0.4) is 0 Å². The summed E-state index contributed by atoms with van der Waals surface area (Å²) in [4.78, 5) is 15.4. The van der Waals surface area contributed by atoms with Gasteiger partial charge in [-0.1, -0.05) is 12.1 Å². The number of halogens is 1. The molecule has 0 unspecified atom stereocenters. The number of carboxylic acid groups (broad SMARTS) is 1. The second-order valence-corrected chi connectivity index (χ2v) is 4.35. The van der Waals surface area contributed by atoms with Crippen LogP contribution in [0.15, 0.2) is 54.7 Å². The van der Waals surface area contributed by atoms with E-state index in [-0.39, 0.29) is 5.75 Å². The molecule has 1 heterocycles. The van der Waals surface area contributed by atoms with Gasteiger partial charge in [0.15, 0.2) is 0 Å². The number of carboxylic acids is 1. The Morgan fingerprint density at radius 1 is 1.05 bits per heavy atom. The van der Waals surface area contributed by atoms with Crippen molar-refractivity contribution < 1.29 is 19.0 Å². The Morgan fingerprint density at radius 3 is 2.62 bits per heavy atom. The molecule has 0 spiro atoms. The number of aromatic nitrogens is 1. The van der Waals surface area contributed by atoms with E-state index in [1.54, 1.807) is 30.5 Å². The van der Waals surface area contributed by atoms with Crippen LogP contribution in [-0.4, -0.2) is 16.1 Å². The molecule has 3 rings (SSSR count). The number of carbonyl (C=O) groups is 1. The summed E-state index contributed by atoms with van der Waals surface area (Å²) in [6.45, 7) is 0. The quantitative estimate of drug-likeness (QED) is 0.792. The van der Waals surface area contributed by atoms with Gasteiger partial charge >= 0.3 is 5.97 Å². The molecule has 0 fully saturated rings. The normalized spacial score (nSPS) is 10.5. The van der Waals surface area contributed by atoms with E-state index in [2.05, 4.69) is 4.98 Å². The number of rotatable bonds is 3. The molecule has 0 radical (unpaired) electrons. The molecule has 2 aromatic carbocycles. The van der Waals surface area contributed by atoms with Gasteiger partial charge in [0.1, 0.15) is 22.9 Å². The number of benzene rings is 2. The molecule has 0 atom stereocenters. The lowest BCUT2D eigenvalue weighted by Gasteiger charge is -2.11. The van der Waals surface area contributed by atoms with Crippen molar-refractivity contribution in [3.8, 4) is 11.5 Å². The van der Waals surface area contributed by atoms with E-state index >= 15 is 0 Å². The van der Waals surface area contributed by atoms with Crippen molar-refractivity contribution in [1.82, 2.24) is 4.98 Å². The molecule has 4 nitrogen and oxygen atoms in total. The van der Waals surface area contributed by atoms with Crippen LogP contribution in [0.25, 0.3) is 10.9 Å². The zero-order chi connectivity index (χ0) is 14.8. The fourth-order valence-electron chi connectivity index (χ4n) is 2.08. The van der Waals surface area contributed by atoms with Gasteiger partial charge in [-0.3, -0.25) is 4.98 Å². The van der Waals surface area contributed by atoms with Crippen molar-refractivity contribution in [2.24, 2.45) is 0 Å². The average Bonchev–Trinajstić information content (AvgIpc) is 2.47.